The lowest BCUT2D eigenvalue weighted by molar-refractivity contribution is 0.391. The van der Waals surface area contributed by atoms with Gasteiger partial charge >= 0.3 is 0 Å². The lowest BCUT2D eigenvalue weighted by atomic mass is 10.00. The first-order valence-electron chi connectivity index (χ1n) is 9.51. The van der Waals surface area contributed by atoms with Gasteiger partial charge in [0, 0.05) is 49.9 Å². The molecule has 0 saturated heterocycles. The summed E-state index contributed by atoms with van der Waals surface area (Å²) < 4.78 is 7.57. The first-order valence-corrected chi connectivity index (χ1v) is 9.51. The molecular formula is C21H29N5O. The Morgan fingerprint density at radius 3 is 2.78 bits per heavy atom. The zero-order valence-electron chi connectivity index (χ0n) is 16.6. The second-order valence-electron chi connectivity index (χ2n) is 6.94. The van der Waals surface area contributed by atoms with Crippen molar-refractivity contribution in [2.45, 2.75) is 39.7 Å². The average molecular weight is 367 g/mol. The van der Waals surface area contributed by atoms with E-state index in [1.165, 1.54) is 16.5 Å². The van der Waals surface area contributed by atoms with Gasteiger partial charge in [-0.3, -0.25) is 4.99 Å². The fraction of sp³-hybridized carbons (Fsp3) is 0.429. The van der Waals surface area contributed by atoms with Crippen molar-refractivity contribution in [3.63, 3.8) is 0 Å². The number of fused-ring (bicyclic) bond motifs is 1. The van der Waals surface area contributed by atoms with Gasteiger partial charge in [-0.05, 0) is 37.8 Å². The Hall–Kier alpha value is -2.76. The second kappa shape index (κ2) is 8.75. The van der Waals surface area contributed by atoms with Crippen LogP contribution in [0.3, 0.4) is 0 Å². The van der Waals surface area contributed by atoms with Gasteiger partial charge in [0.25, 0.3) is 0 Å². The molecule has 2 aromatic heterocycles. The van der Waals surface area contributed by atoms with Crippen molar-refractivity contribution in [2.24, 2.45) is 4.99 Å². The van der Waals surface area contributed by atoms with Crippen molar-refractivity contribution in [1.29, 1.82) is 0 Å². The Kier molecular flexibility index (Phi) is 6.16. The van der Waals surface area contributed by atoms with Gasteiger partial charge in [0.1, 0.15) is 5.76 Å². The molecule has 0 aliphatic rings. The van der Waals surface area contributed by atoms with E-state index in [0.717, 1.165) is 43.5 Å². The van der Waals surface area contributed by atoms with Crippen molar-refractivity contribution >= 4 is 16.9 Å². The lowest BCUT2D eigenvalue weighted by Gasteiger charge is -2.16. The molecule has 1 aromatic carbocycles. The van der Waals surface area contributed by atoms with E-state index in [1.54, 1.807) is 7.05 Å². The molecule has 3 rings (SSSR count). The fourth-order valence-corrected chi connectivity index (χ4v) is 3.56. The molecule has 0 spiro atoms. The third-order valence-electron chi connectivity index (χ3n) is 4.93. The summed E-state index contributed by atoms with van der Waals surface area (Å²) in [5, 5.41) is 12.1. The molecule has 27 heavy (non-hydrogen) atoms. The van der Waals surface area contributed by atoms with E-state index in [-0.39, 0.29) is 0 Å². The number of aryl methyl sites for hydroxylation is 3. The van der Waals surface area contributed by atoms with Gasteiger partial charge in [0.05, 0.1) is 5.69 Å². The molecule has 0 bridgehead atoms. The van der Waals surface area contributed by atoms with Crippen LogP contribution in [-0.4, -0.2) is 35.8 Å². The van der Waals surface area contributed by atoms with Gasteiger partial charge < -0.3 is 19.7 Å². The van der Waals surface area contributed by atoms with Crippen molar-refractivity contribution < 1.29 is 4.52 Å². The highest BCUT2D eigenvalue weighted by Gasteiger charge is 2.16. The van der Waals surface area contributed by atoms with Crippen LogP contribution in [-0.2, 0) is 6.54 Å². The van der Waals surface area contributed by atoms with Crippen molar-refractivity contribution in [2.75, 3.05) is 20.1 Å². The second-order valence-corrected chi connectivity index (χ2v) is 6.94. The van der Waals surface area contributed by atoms with E-state index in [4.69, 9.17) is 4.52 Å². The van der Waals surface area contributed by atoms with Gasteiger partial charge in [-0.1, -0.05) is 30.3 Å². The predicted molar refractivity (Wildman–Crippen MR) is 110 cm³/mol. The SMILES string of the molecule is CN=C(NCCCn1ccc2ccccc21)NCC(C)c1c(C)noc1C. The van der Waals surface area contributed by atoms with E-state index in [9.17, 15) is 0 Å². The summed E-state index contributed by atoms with van der Waals surface area (Å²) >= 11 is 0. The van der Waals surface area contributed by atoms with Crippen LogP contribution >= 0.6 is 0 Å². The van der Waals surface area contributed by atoms with Crippen LogP contribution in [0.25, 0.3) is 10.9 Å². The van der Waals surface area contributed by atoms with Gasteiger partial charge in [0.2, 0.25) is 0 Å². The fourth-order valence-electron chi connectivity index (χ4n) is 3.56. The summed E-state index contributed by atoms with van der Waals surface area (Å²) in [4.78, 5) is 4.32. The van der Waals surface area contributed by atoms with Crippen LogP contribution in [0.4, 0.5) is 0 Å². The van der Waals surface area contributed by atoms with Crippen LogP contribution in [0.15, 0.2) is 46.0 Å². The maximum absolute atomic E-state index is 5.27. The van der Waals surface area contributed by atoms with E-state index in [0.29, 0.717) is 5.92 Å². The number of aromatic nitrogens is 2. The molecule has 2 N–H and O–H groups in total. The summed E-state index contributed by atoms with van der Waals surface area (Å²) in [6.45, 7) is 8.75. The van der Waals surface area contributed by atoms with E-state index in [2.05, 4.69) is 68.8 Å². The average Bonchev–Trinajstić information content (AvgIpc) is 3.24. The quantitative estimate of drug-likeness (QED) is 0.380. The zero-order valence-corrected chi connectivity index (χ0v) is 16.6. The summed E-state index contributed by atoms with van der Waals surface area (Å²) in [5.41, 5.74) is 3.43. The van der Waals surface area contributed by atoms with Crippen LogP contribution in [0.1, 0.15) is 36.3 Å². The topological polar surface area (TPSA) is 67.4 Å². The number of para-hydroxylation sites is 1. The first-order chi connectivity index (χ1) is 13.1. The minimum Gasteiger partial charge on any atom is -0.361 e. The summed E-state index contributed by atoms with van der Waals surface area (Å²) in [6, 6.07) is 10.6. The minimum atomic E-state index is 0.307. The van der Waals surface area contributed by atoms with Crippen molar-refractivity contribution in [3.8, 4) is 0 Å². The normalized spacial score (nSPS) is 13.1. The molecule has 0 aliphatic carbocycles. The third kappa shape index (κ3) is 4.51. The molecule has 6 heteroatoms. The molecule has 0 saturated carbocycles. The Bertz CT molecular complexity index is 889. The largest absolute Gasteiger partial charge is 0.361 e. The first kappa shape index (κ1) is 19.0. The molecule has 0 fully saturated rings. The third-order valence-corrected chi connectivity index (χ3v) is 4.93. The number of hydrogen-bond acceptors (Lipinski definition) is 3. The summed E-state index contributed by atoms with van der Waals surface area (Å²) in [5.74, 6) is 2.02. The number of guanidine groups is 1. The van der Waals surface area contributed by atoms with Crippen LogP contribution in [0.5, 0.6) is 0 Å². The molecule has 1 atom stereocenters. The molecule has 3 aromatic rings. The maximum atomic E-state index is 5.27. The van der Waals surface area contributed by atoms with Gasteiger partial charge in [-0.15, -0.1) is 0 Å². The highest BCUT2D eigenvalue weighted by molar-refractivity contribution is 5.80. The van der Waals surface area contributed by atoms with Gasteiger partial charge in [-0.25, -0.2) is 0 Å². The highest BCUT2D eigenvalue weighted by Crippen LogP contribution is 2.22. The maximum Gasteiger partial charge on any atom is 0.190 e. The smallest absolute Gasteiger partial charge is 0.190 e. The summed E-state index contributed by atoms with van der Waals surface area (Å²) in [6.07, 6.45) is 3.18. The van der Waals surface area contributed by atoms with Gasteiger partial charge in [-0.2, -0.15) is 0 Å². The Labute approximate surface area is 160 Å². The summed E-state index contributed by atoms with van der Waals surface area (Å²) in [7, 11) is 1.80. The number of hydrogen-bond donors (Lipinski definition) is 2. The molecule has 1 unspecified atom stereocenters. The molecule has 0 aliphatic heterocycles. The number of nitrogens with one attached hydrogen (secondary N) is 2. The highest BCUT2D eigenvalue weighted by atomic mass is 16.5. The Morgan fingerprint density at radius 1 is 1.22 bits per heavy atom. The molecule has 6 nitrogen and oxygen atoms in total. The molecular weight excluding hydrogens is 338 g/mol. The number of nitrogens with zero attached hydrogens (tertiary/aromatic N) is 3. The van der Waals surface area contributed by atoms with E-state index in [1.807, 2.05) is 13.8 Å². The van der Waals surface area contributed by atoms with Crippen molar-refractivity contribution in [3.05, 3.63) is 53.5 Å². The molecule has 0 amide bonds. The zero-order chi connectivity index (χ0) is 19.2. The number of aliphatic imine (C=N–C) groups is 1. The van der Waals surface area contributed by atoms with Crippen LogP contribution in [0, 0.1) is 13.8 Å². The standard InChI is InChI=1S/C21H29N5O/c1-15(20-16(2)25-27-17(20)3)14-24-21(22-4)23-11-7-12-26-13-10-18-8-5-6-9-19(18)26/h5-6,8-10,13,15H,7,11-12,14H2,1-4H3,(H2,22,23,24). The van der Waals surface area contributed by atoms with E-state index < -0.39 is 0 Å². The van der Waals surface area contributed by atoms with Gasteiger partial charge in [0.15, 0.2) is 5.96 Å². The molecule has 144 valence electrons. The molecule has 0 radical (unpaired) electrons. The van der Waals surface area contributed by atoms with Crippen LogP contribution < -0.4 is 10.6 Å². The molecule has 2 heterocycles. The number of benzene rings is 1. The Balaban J connectivity index is 1.44. The minimum absolute atomic E-state index is 0.307. The van der Waals surface area contributed by atoms with E-state index >= 15 is 0 Å². The monoisotopic (exact) mass is 367 g/mol. The van der Waals surface area contributed by atoms with Crippen molar-refractivity contribution in [1.82, 2.24) is 20.4 Å². The van der Waals surface area contributed by atoms with Crippen LogP contribution in [0.2, 0.25) is 0 Å². The predicted octanol–water partition coefficient (Wildman–Crippen LogP) is 3.60. The number of rotatable bonds is 7. The lowest BCUT2D eigenvalue weighted by Crippen LogP contribution is -2.39. The Morgan fingerprint density at radius 2 is 2.04 bits per heavy atom.